The Kier molecular flexibility index (Phi) is 8.73. The molecule has 0 radical (unpaired) electrons. The highest BCUT2D eigenvalue weighted by atomic mass is 35.5. The molecule has 7 heteroatoms. The van der Waals surface area contributed by atoms with E-state index in [4.69, 9.17) is 0 Å². The molecule has 0 saturated carbocycles. The molecule has 6 nitrogen and oxygen atoms in total. The fourth-order valence-corrected chi connectivity index (χ4v) is 4.07. The highest BCUT2D eigenvalue weighted by Gasteiger charge is 2.31. The molecule has 1 unspecified atom stereocenters. The number of likely N-dealkylation sites (tertiary alicyclic amines) is 1. The molecule has 2 heterocycles. The normalized spacial score (nSPS) is 19.9. The van der Waals surface area contributed by atoms with Gasteiger partial charge in [0, 0.05) is 69.5 Å². The number of benzene rings is 1. The highest BCUT2D eigenvalue weighted by molar-refractivity contribution is 5.98. The lowest BCUT2D eigenvalue weighted by atomic mass is 10.1. The van der Waals surface area contributed by atoms with Gasteiger partial charge < -0.3 is 15.1 Å². The number of piperazine rings is 1. The zero-order chi connectivity index (χ0) is 19.2. The first-order valence-electron chi connectivity index (χ1n) is 10.3. The topological polar surface area (TPSA) is 55.9 Å². The quantitative estimate of drug-likeness (QED) is 0.783. The number of carbonyl (C=O) groups excluding carboxylic acids is 2. The fourth-order valence-electron chi connectivity index (χ4n) is 4.07. The van der Waals surface area contributed by atoms with Gasteiger partial charge in [0.1, 0.15) is 0 Å². The van der Waals surface area contributed by atoms with Crippen molar-refractivity contribution in [2.24, 2.45) is 0 Å². The molecule has 1 atom stereocenters. The van der Waals surface area contributed by atoms with E-state index in [0.29, 0.717) is 23.7 Å². The van der Waals surface area contributed by atoms with Gasteiger partial charge >= 0.3 is 0 Å². The van der Waals surface area contributed by atoms with Crippen LogP contribution in [0.25, 0.3) is 0 Å². The molecule has 156 valence electrons. The summed E-state index contributed by atoms with van der Waals surface area (Å²) in [7, 11) is 0. The minimum Gasteiger partial charge on any atom is -0.339 e. The molecule has 0 aliphatic carbocycles. The van der Waals surface area contributed by atoms with Crippen LogP contribution in [0.3, 0.4) is 0 Å². The number of amides is 2. The number of nitrogens with one attached hydrogen (secondary N) is 1. The van der Waals surface area contributed by atoms with Crippen molar-refractivity contribution in [3.63, 3.8) is 0 Å². The number of carbonyl (C=O) groups is 2. The van der Waals surface area contributed by atoms with E-state index in [9.17, 15) is 9.59 Å². The Morgan fingerprint density at radius 3 is 2.32 bits per heavy atom. The second kappa shape index (κ2) is 10.8. The van der Waals surface area contributed by atoms with Crippen molar-refractivity contribution >= 4 is 24.2 Å². The van der Waals surface area contributed by atoms with E-state index in [2.05, 4.69) is 17.1 Å². The molecule has 2 aliphatic rings. The lowest BCUT2D eigenvalue weighted by Gasteiger charge is -2.32. The van der Waals surface area contributed by atoms with Crippen molar-refractivity contribution in [2.45, 2.75) is 32.7 Å². The summed E-state index contributed by atoms with van der Waals surface area (Å²) in [6, 6.07) is 7.65. The average Bonchev–Trinajstić information content (AvgIpc) is 3.22. The SMILES string of the molecule is CCCN(CC)C(=O)c1ccc(C(=O)N2CCC(N3CCNCC3)C2)cc1.Cl. The van der Waals surface area contributed by atoms with Crippen LogP contribution in [0.5, 0.6) is 0 Å². The summed E-state index contributed by atoms with van der Waals surface area (Å²) in [6.45, 7) is 11.3. The second-order valence-corrected chi connectivity index (χ2v) is 7.44. The summed E-state index contributed by atoms with van der Waals surface area (Å²) in [5.74, 6) is 0.117. The summed E-state index contributed by atoms with van der Waals surface area (Å²) in [5.41, 5.74) is 1.33. The van der Waals surface area contributed by atoms with Gasteiger partial charge in [-0.2, -0.15) is 0 Å². The van der Waals surface area contributed by atoms with Gasteiger partial charge in [0.15, 0.2) is 0 Å². The highest BCUT2D eigenvalue weighted by Crippen LogP contribution is 2.19. The zero-order valence-electron chi connectivity index (χ0n) is 17.0. The van der Waals surface area contributed by atoms with Gasteiger partial charge in [-0.3, -0.25) is 14.5 Å². The van der Waals surface area contributed by atoms with E-state index < -0.39 is 0 Å². The standard InChI is InChI=1S/C21H32N4O2.ClH/c1-3-12-23(4-2)20(26)17-5-7-18(8-6-17)21(27)25-13-9-19(16-25)24-14-10-22-11-15-24;/h5-8,19,22H,3-4,9-16H2,1-2H3;1H. The zero-order valence-corrected chi connectivity index (χ0v) is 17.8. The third-order valence-electron chi connectivity index (χ3n) is 5.66. The van der Waals surface area contributed by atoms with E-state index in [0.717, 1.165) is 58.7 Å². The van der Waals surface area contributed by atoms with Gasteiger partial charge in [-0.25, -0.2) is 0 Å². The molecule has 0 bridgehead atoms. The van der Waals surface area contributed by atoms with Crippen LogP contribution in [0.4, 0.5) is 0 Å². The molecule has 0 spiro atoms. The van der Waals surface area contributed by atoms with Crippen molar-refractivity contribution < 1.29 is 9.59 Å². The summed E-state index contributed by atoms with van der Waals surface area (Å²) in [6.07, 6.45) is 1.99. The van der Waals surface area contributed by atoms with Gasteiger partial charge in [-0.15, -0.1) is 12.4 Å². The molecular weight excluding hydrogens is 376 g/mol. The van der Waals surface area contributed by atoms with Crippen molar-refractivity contribution in [3.8, 4) is 0 Å². The molecule has 0 aromatic heterocycles. The molecular formula is C21H33ClN4O2. The van der Waals surface area contributed by atoms with Gasteiger partial charge in [0.2, 0.25) is 0 Å². The van der Waals surface area contributed by atoms with E-state index in [1.807, 2.05) is 16.7 Å². The summed E-state index contributed by atoms with van der Waals surface area (Å²) >= 11 is 0. The molecule has 2 fully saturated rings. The van der Waals surface area contributed by atoms with Crippen LogP contribution in [0.15, 0.2) is 24.3 Å². The molecule has 1 aromatic carbocycles. The molecule has 28 heavy (non-hydrogen) atoms. The Hall–Kier alpha value is -1.63. The predicted octanol–water partition coefficient (Wildman–Crippen LogP) is 2.10. The minimum atomic E-state index is 0. The van der Waals surface area contributed by atoms with Crippen LogP contribution in [0, 0.1) is 0 Å². The predicted molar refractivity (Wildman–Crippen MR) is 114 cm³/mol. The van der Waals surface area contributed by atoms with Crippen molar-refractivity contribution in [2.75, 3.05) is 52.4 Å². The maximum atomic E-state index is 12.8. The Morgan fingerprint density at radius 2 is 1.71 bits per heavy atom. The van der Waals surface area contributed by atoms with Crippen LogP contribution in [-0.4, -0.2) is 84.9 Å². The molecule has 2 amide bonds. The van der Waals surface area contributed by atoms with Crippen molar-refractivity contribution in [1.29, 1.82) is 0 Å². The van der Waals surface area contributed by atoms with Crippen LogP contribution in [0.2, 0.25) is 0 Å². The molecule has 2 aliphatic heterocycles. The Balaban J connectivity index is 0.00000280. The van der Waals surface area contributed by atoms with Crippen LogP contribution < -0.4 is 5.32 Å². The first-order chi connectivity index (χ1) is 13.1. The van der Waals surface area contributed by atoms with Gasteiger partial charge in [-0.1, -0.05) is 6.92 Å². The summed E-state index contributed by atoms with van der Waals surface area (Å²) in [4.78, 5) is 31.7. The maximum absolute atomic E-state index is 12.8. The summed E-state index contributed by atoms with van der Waals surface area (Å²) < 4.78 is 0. The van der Waals surface area contributed by atoms with E-state index in [-0.39, 0.29) is 24.2 Å². The van der Waals surface area contributed by atoms with E-state index in [1.54, 1.807) is 24.3 Å². The number of halogens is 1. The second-order valence-electron chi connectivity index (χ2n) is 7.44. The lowest BCUT2D eigenvalue weighted by Crippen LogP contribution is -2.49. The average molecular weight is 409 g/mol. The first-order valence-corrected chi connectivity index (χ1v) is 10.3. The van der Waals surface area contributed by atoms with Crippen molar-refractivity contribution in [3.05, 3.63) is 35.4 Å². The Morgan fingerprint density at radius 1 is 1.07 bits per heavy atom. The summed E-state index contributed by atoms with van der Waals surface area (Å²) in [5, 5.41) is 3.38. The molecule has 1 N–H and O–H groups in total. The number of rotatable bonds is 6. The number of hydrogen-bond acceptors (Lipinski definition) is 4. The van der Waals surface area contributed by atoms with E-state index in [1.165, 1.54) is 0 Å². The Bertz CT molecular complexity index is 646. The van der Waals surface area contributed by atoms with Crippen LogP contribution >= 0.6 is 12.4 Å². The third-order valence-corrected chi connectivity index (χ3v) is 5.66. The van der Waals surface area contributed by atoms with Crippen LogP contribution in [0.1, 0.15) is 47.4 Å². The van der Waals surface area contributed by atoms with Crippen LogP contribution in [-0.2, 0) is 0 Å². The molecule has 3 rings (SSSR count). The molecule has 1 aromatic rings. The van der Waals surface area contributed by atoms with Gasteiger partial charge in [0.05, 0.1) is 0 Å². The van der Waals surface area contributed by atoms with E-state index >= 15 is 0 Å². The van der Waals surface area contributed by atoms with Crippen molar-refractivity contribution in [1.82, 2.24) is 20.0 Å². The lowest BCUT2D eigenvalue weighted by molar-refractivity contribution is 0.0756. The van der Waals surface area contributed by atoms with Gasteiger partial charge in [-0.05, 0) is 44.0 Å². The number of hydrogen-bond donors (Lipinski definition) is 1. The first kappa shape index (κ1) is 22.7. The molecule has 2 saturated heterocycles. The fraction of sp³-hybridized carbons (Fsp3) is 0.619. The maximum Gasteiger partial charge on any atom is 0.253 e. The largest absolute Gasteiger partial charge is 0.339 e. The minimum absolute atomic E-state index is 0. The Labute approximate surface area is 174 Å². The van der Waals surface area contributed by atoms with Gasteiger partial charge in [0.25, 0.3) is 11.8 Å². The third kappa shape index (κ3) is 5.25. The smallest absolute Gasteiger partial charge is 0.253 e. The number of nitrogens with zero attached hydrogens (tertiary/aromatic N) is 3. The monoisotopic (exact) mass is 408 g/mol.